The van der Waals surface area contributed by atoms with Crippen LogP contribution in [0.1, 0.15) is 61.5 Å². The summed E-state index contributed by atoms with van der Waals surface area (Å²) in [5.74, 6) is 0.766. The van der Waals surface area contributed by atoms with Crippen molar-refractivity contribution in [1.29, 1.82) is 0 Å². The van der Waals surface area contributed by atoms with Crippen LogP contribution in [0.15, 0.2) is 53.4 Å². The standard InChI is InChI=1S/C27H34N2O4S/c1-4-29(5-2)26(30)21-10-8-20(9-11-21)24-19-27(14-7-16-28-17-15-27)33-25-13-12-22(18-23(24)25)34(31,32)6-3/h8-13,18-19,28H,4-7,14-17H2,1-3H3. The number of sulfone groups is 1. The molecule has 1 unspecified atom stereocenters. The van der Waals surface area contributed by atoms with Gasteiger partial charge in [0.05, 0.1) is 10.6 Å². The molecule has 2 aliphatic heterocycles. The van der Waals surface area contributed by atoms with Gasteiger partial charge in [-0.1, -0.05) is 19.1 Å². The average molecular weight is 483 g/mol. The molecule has 0 radical (unpaired) electrons. The number of nitrogens with one attached hydrogen (secondary N) is 1. The molecule has 7 heteroatoms. The summed E-state index contributed by atoms with van der Waals surface area (Å²) in [4.78, 5) is 14.9. The number of benzene rings is 2. The Balaban J connectivity index is 1.80. The Bertz CT molecular complexity index is 1170. The van der Waals surface area contributed by atoms with Crippen LogP contribution in [0.3, 0.4) is 0 Å². The van der Waals surface area contributed by atoms with Gasteiger partial charge in [-0.05, 0) is 87.3 Å². The highest BCUT2D eigenvalue weighted by atomic mass is 32.2. The van der Waals surface area contributed by atoms with Crippen LogP contribution in [0, 0.1) is 0 Å². The van der Waals surface area contributed by atoms with Gasteiger partial charge in [0.25, 0.3) is 5.91 Å². The van der Waals surface area contributed by atoms with Crippen molar-refractivity contribution < 1.29 is 17.9 Å². The van der Waals surface area contributed by atoms with Gasteiger partial charge in [0, 0.05) is 30.6 Å². The first-order valence-corrected chi connectivity index (χ1v) is 13.9. The minimum atomic E-state index is -3.35. The molecule has 6 nitrogen and oxygen atoms in total. The molecule has 1 fully saturated rings. The molecule has 34 heavy (non-hydrogen) atoms. The second-order valence-electron chi connectivity index (χ2n) is 8.94. The number of fused-ring (bicyclic) bond motifs is 1. The number of carbonyl (C=O) groups excluding carboxylic acids is 1. The summed E-state index contributed by atoms with van der Waals surface area (Å²) < 4.78 is 31.7. The first-order valence-electron chi connectivity index (χ1n) is 12.2. The summed E-state index contributed by atoms with van der Waals surface area (Å²) in [5, 5.41) is 3.44. The molecule has 2 aromatic rings. The highest BCUT2D eigenvalue weighted by molar-refractivity contribution is 7.91. The van der Waals surface area contributed by atoms with Crippen LogP contribution < -0.4 is 10.1 Å². The van der Waals surface area contributed by atoms with E-state index in [2.05, 4.69) is 11.4 Å². The molecule has 182 valence electrons. The Morgan fingerprint density at radius 3 is 2.44 bits per heavy atom. The van der Waals surface area contributed by atoms with Gasteiger partial charge in [0.15, 0.2) is 9.84 Å². The molecule has 0 bridgehead atoms. The smallest absolute Gasteiger partial charge is 0.253 e. The van der Waals surface area contributed by atoms with Gasteiger partial charge in [0.1, 0.15) is 11.4 Å². The number of ether oxygens (including phenoxy) is 1. The summed E-state index contributed by atoms with van der Waals surface area (Å²) in [7, 11) is -3.35. The van der Waals surface area contributed by atoms with Crippen molar-refractivity contribution in [3.05, 3.63) is 65.2 Å². The maximum absolute atomic E-state index is 12.8. The largest absolute Gasteiger partial charge is 0.482 e. The van der Waals surface area contributed by atoms with Crippen molar-refractivity contribution in [2.24, 2.45) is 0 Å². The summed E-state index contributed by atoms with van der Waals surface area (Å²) >= 11 is 0. The zero-order chi connectivity index (χ0) is 24.3. The van der Waals surface area contributed by atoms with Gasteiger partial charge in [-0.25, -0.2) is 8.42 Å². The number of nitrogens with zero attached hydrogens (tertiary/aromatic N) is 1. The molecule has 0 aliphatic carbocycles. The van der Waals surface area contributed by atoms with Gasteiger partial charge in [-0.2, -0.15) is 0 Å². The van der Waals surface area contributed by atoms with Crippen LogP contribution in [0.5, 0.6) is 5.75 Å². The molecule has 1 N–H and O–H groups in total. The van der Waals surface area contributed by atoms with E-state index in [1.165, 1.54) is 0 Å². The third kappa shape index (κ3) is 4.77. The van der Waals surface area contributed by atoms with Gasteiger partial charge >= 0.3 is 0 Å². The van der Waals surface area contributed by atoms with Crippen molar-refractivity contribution >= 4 is 21.3 Å². The lowest BCUT2D eigenvalue weighted by Gasteiger charge is -2.36. The fourth-order valence-corrected chi connectivity index (χ4v) is 5.70. The quantitative estimate of drug-likeness (QED) is 0.665. The Labute approximate surface area is 202 Å². The first kappa shape index (κ1) is 24.5. The van der Waals surface area contributed by atoms with E-state index in [9.17, 15) is 13.2 Å². The molecular formula is C27H34N2O4S. The molecule has 1 amide bonds. The van der Waals surface area contributed by atoms with Gasteiger partial charge in [-0.15, -0.1) is 0 Å². The van der Waals surface area contributed by atoms with Crippen LogP contribution in [-0.4, -0.2) is 56.8 Å². The van der Waals surface area contributed by atoms with Crippen molar-refractivity contribution in [3.63, 3.8) is 0 Å². The Morgan fingerprint density at radius 2 is 1.76 bits per heavy atom. The molecule has 1 atom stereocenters. The third-order valence-corrected chi connectivity index (χ3v) is 8.61. The topological polar surface area (TPSA) is 75.7 Å². The average Bonchev–Trinajstić information content (AvgIpc) is 3.09. The number of hydrogen-bond acceptors (Lipinski definition) is 5. The van der Waals surface area contributed by atoms with E-state index in [-0.39, 0.29) is 11.7 Å². The van der Waals surface area contributed by atoms with Crippen molar-refractivity contribution in [1.82, 2.24) is 10.2 Å². The number of amides is 1. The summed E-state index contributed by atoms with van der Waals surface area (Å²) in [6, 6.07) is 12.8. The molecule has 2 aromatic carbocycles. The zero-order valence-corrected chi connectivity index (χ0v) is 21.1. The van der Waals surface area contributed by atoms with E-state index in [1.807, 2.05) is 38.1 Å². The molecule has 2 heterocycles. The molecule has 2 aliphatic rings. The summed E-state index contributed by atoms with van der Waals surface area (Å²) in [6.07, 6.45) is 4.89. The van der Waals surface area contributed by atoms with Crippen molar-refractivity contribution in [3.8, 4) is 5.75 Å². The van der Waals surface area contributed by atoms with Crippen LogP contribution in [0.25, 0.3) is 5.57 Å². The number of carbonyl (C=O) groups is 1. The molecule has 0 saturated carbocycles. The van der Waals surface area contributed by atoms with Gasteiger partial charge < -0.3 is 15.0 Å². The number of rotatable bonds is 6. The lowest BCUT2D eigenvalue weighted by atomic mass is 9.84. The Hall–Kier alpha value is -2.64. The Morgan fingerprint density at radius 1 is 1.03 bits per heavy atom. The first-order chi connectivity index (χ1) is 16.3. The fourth-order valence-electron chi connectivity index (χ4n) is 4.79. The predicted octanol–water partition coefficient (Wildman–Crippen LogP) is 4.30. The monoisotopic (exact) mass is 482 g/mol. The lowest BCUT2D eigenvalue weighted by Crippen LogP contribution is -2.37. The third-order valence-electron chi connectivity index (χ3n) is 6.87. The molecular weight excluding hydrogens is 448 g/mol. The van der Waals surface area contributed by atoms with Crippen LogP contribution in [0.4, 0.5) is 0 Å². The molecule has 0 aromatic heterocycles. The van der Waals surface area contributed by atoms with E-state index in [1.54, 1.807) is 30.0 Å². The molecule has 4 rings (SSSR count). The van der Waals surface area contributed by atoms with E-state index in [0.29, 0.717) is 29.3 Å². The van der Waals surface area contributed by atoms with E-state index >= 15 is 0 Å². The van der Waals surface area contributed by atoms with Crippen LogP contribution in [-0.2, 0) is 9.84 Å². The zero-order valence-electron chi connectivity index (χ0n) is 20.3. The normalized spacial score (nSPS) is 20.1. The maximum atomic E-state index is 12.8. The van der Waals surface area contributed by atoms with Crippen LogP contribution >= 0.6 is 0 Å². The number of hydrogen-bond donors (Lipinski definition) is 1. The van der Waals surface area contributed by atoms with E-state index in [4.69, 9.17) is 4.74 Å². The minimum absolute atomic E-state index is 0.0144. The van der Waals surface area contributed by atoms with Crippen LogP contribution in [0.2, 0.25) is 0 Å². The van der Waals surface area contributed by atoms with Crippen molar-refractivity contribution in [2.75, 3.05) is 31.9 Å². The summed E-state index contributed by atoms with van der Waals surface area (Å²) in [5.41, 5.74) is 2.89. The Kier molecular flexibility index (Phi) is 7.14. The predicted molar refractivity (Wildman–Crippen MR) is 135 cm³/mol. The highest BCUT2D eigenvalue weighted by Gasteiger charge is 2.36. The van der Waals surface area contributed by atoms with Crippen molar-refractivity contribution in [2.45, 2.75) is 50.5 Å². The lowest BCUT2D eigenvalue weighted by molar-refractivity contribution is 0.0773. The fraction of sp³-hybridized carbons (Fsp3) is 0.444. The molecule has 1 saturated heterocycles. The second-order valence-corrected chi connectivity index (χ2v) is 11.2. The highest BCUT2D eigenvalue weighted by Crippen LogP contribution is 2.43. The maximum Gasteiger partial charge on any atom is 0.253 e. The van der Waals surface area contributed by atoms with Gasteiger partial charge in [0.2, 0.25) is 0 Å². The second kappa shape index (κ2) is 9.92. The SMILES string of the molecule is CCN(CC)C(=O)c1ccc(C2=CC3(CCCNCC3)Oc3ccc(S(=O)(=O)CC)cc32)cc1. The molecule has 1 spiro atoms. The summed E-state index contributed by atoms with van der Waals surface area (Å²) in [6.45, 7) is 8.75. The minimum Gasteiger partial charge on any atom is -0.482 e. The van der Waals surface area contributed by atoms with E-state index in [0.717, 1.165) is 49.1 Å². The van der Waals surface area contributed by atoms with Gasteiger partial charge in [-0.3, -0.25) is 4.79 Å². The van der Waals surface area contributed by atoms with E-state index < -0.39 is 15.4 Å².